The van der Waals surface area contributed by atoms with Gasteiger partial charge in [0.25, 0.3) is 0 Å². The van der Waals surface area contributed by atoms with Crippen LogP contribution in [0, 0.1) is 0 Å². The van der Waals surface area contributed by atoms with Gasteiger partial charge in [0.15, 0.2) is 0 Å². The molecule has 0 spiro atoms. The van der Waals surface area contributed by atoms with Crippen molar-refractivity contribution in [3.05, 3.63) is 71.9 Å². The van der Waals surface area contributed by atoms with E-state index in [1.54, 1.807) is 47.6 Å². The first-order valence-electron chi connectivity index (χ1n) is 9.80. The summed E-state index contributed by atoms with van der Waals surface area (Å²) in [6, 6.07) is 15.2. The van der Waals surface area contributed by atoms with Crippen LogP contribution < -0.4 is 4.90 Å². The molecular formula is C22H26N5O2PS. The molecule has 1 amide bonds. The Morgan fingerprint density at radius 2 is 1.97 bits per heavy atom. The zero-order chi connectivity index (χ0) is 22.4. The molecule has 31 heavy (non-hydrogen) atoms. The van der Waals surface area contributed by atoms with Crippen LogP contribution in [0.2, 0.25) is 0 Å². The fraction of sp³-hybridized carbons (Fsp3) is 0.227. The van der Waals surface area contributed by atoms with Crippen molar-refractivity contribution in [2.24, 2.45) is 7.05 Å². The number of likely N-dealkylation sites (N-methyl/N-ethyl adjacent to an activating group) is 2. The van der Waals surface area contributed by atoms with Crippen molar-refractivity contribution in [1.82, 2.24) is 19.1 Å². The molecular weight excluding hydrogens is 429 g/mol. The van der Waals surface area contributed by atoms with Gasteiger partial charge in [0.2, 0.25) is 5.91 Å². The van der Waals surface area contributed by atoms with Gasteiger partial charge in [-0.2, -0.15) is 5.10 Å². The van der Waals surface area contributed by atoms with E-state index in [0.29, 0.717) is 12.4 Å². The summed E-state index contributed by atoms with van der Waals surface area (Å²) in [7, 11) is 4.10. The highest BCUT2D eigenvalue weighted by atomic mass is 32.5. The largest absolute Gasteiger partial charge is 0.296 e. The third-order valence-corrected chi connectivity index (χ3v) is 7.68. The van der Waals surface area contributed by atoms with Crippen LogP contribution in [0.5, 0.6) is 0 Å². The first-order valence-corrected chi connectivity index (χ1v) is 12.6. The average molecular weight is 456 g/mol. The van der Waals surface area contributed by atoms with Crippen molar-refractivity contribution >= 4 is 35.1 Å². The molecule has 7 nitrogen and oxygen atoms in total. The quantitative estimate of drug-likeness (QED) is 0.486. The lowest BCUT2D eigenvalue weighted by molar-refractivity contribution is -0.118. The van der Waals surface area contributed by atoms with Crippen LogP contribution >= 0.6 is 8.02 Å². The van der Waals surface area contributed by atoms with E-state index in [1.165, 1.54) is 4.31 Å². The van der Waals surface area contributed by atoms with E-state index in [-0.39, 0.29) is 12.5 Å². The summed E-state index contributed by atoms with van der Waals surface area (Å²) in [5.41, 5.74) is 2.54. The second-order valence-corrected chi connectivity index (χ2v) is 10.7. The summed E-state index contributed by atoms with van der Waals surface area (Å²) in [5, 5.41) is 6.09. The molecule has 0 saturated carbocycles. The Balaban J connectivity index is 1.75. The predicted octanol–water partition coefficient (Wildman–Crippen LogP) is 3.69. The number of rotatable bonds is 8. The second kappa shape index (κ2) is 10.0. The van der Waals surface area contributed by atoms with Crippen LogP contribution in [0.25, 0.3) is 17.3 Å². The lowest BCUT2D eigenvalue weighted by atomic mass is 10.2. The molecule has 0 aliphatic rings. The normalized spacial score (nSPS) is 13.4. The lowest BCUT2D eigenvalue weighted by Gasteiger charge is -2.24. The van der Waals surface area contributed by atoms with Gasteiger partial charge in [0.1, 0.15) is 5.82 Å². The molecule has 0 fully saturated rings. The zero-order valence-corrected chi connectivity index (χ0v) is 19.6. The fourth-order valence-electron chi connectivity index (χ4n) is 3.04. The monoisotopic (exact) mass is 455 g/mol. The maximum atomic E-state index is 13.1. The van der Waals surface area contributed by atoms with Gasteiger partial charge in [-0.1, -0.05) is 30.3 Å². The van der Waals surface area contributed by atoms with E-state index in [4.69, 9.17) is 0 Å². The molecule has 162 valence electrons. The minimum Gasteiger partial charge on any atom is -0.296 e. The molecule has 0 aliphatic carbocycles. The molecule has 0 bridgehead atoms. The number of nitrogens with zero attached hydrogens (tertiary/aromatic N) is 5. The van der Waals surface area contributed by atoms with E-state index in [0.717, 1.165) is 16.8 Å². The van der Waals surface area contributed by atoms with Gasteiger partial charge in [-0.15, -0.1) is 0 Å². The minimum atomic E-state index is -2.70. The first-order chi connectivity index (χ1) is 14.8. The Kier molecular flexibility index (Phi) is 7.38. The second-order valence-electron chi connectivity index (χ2n) is 6.96. The Hall–Kier alpha value is -2.80. The van der Waals surface area contributed by atoms with Crippen LogP contribution in [-0.4, -0.2) is 49.3 Å². The number of hydrogen-bond donors (Lipinski definition) is 0. The summed E-state index contributed by atoms with van der Waals surface area (Å²) < 4.78 is 16.2. The molecule has 2 aromatic heterocycles. The van der Waals surface area contributed by atoms with Gasteiger partial charge in [-0.05, 0) is 38.7 Å². The van der Waals surface area contributed by atoms with Gasteiger partial charge >= 0.3 is 0 Å². The number of amides is 1. The van der Waals surface area contributed by atoms with Gasteiger partial charge in [-0.25, -0.2) is 8.51 Å². The number of benzene rings is 1. The number of hydrogen-bond acceptors (Lipinski definition) is 4. The Morgan fingerprint density at radius 1 is 1.23 bits per heavy atom. The van der Waals surface area contributed by atoms with Crippen LogP contribution in [0.3, 0.4) is 0 Å². The molecule has 1 unspecified atom stereocenters. The van der Waals surface area contributed by atoms with Crippen LogP contribution in [0.4, 0.5) is 5.82 Å². The van der Waals surface area contributed by atoms with Crippen molar-refractivity contribution in [2.75, 3.05) is 25.0 Å². The molecule has 1 atom stereocenters. The number of aryl methyl sites for hydroxylation is 1. The highest BCUT2D eigenvalue weighted by Crippen LogP contribution is 2.23. The van der Waals surface area contributed by atoms with E-state index in [2.05, 4.69) is 18.1 Å². The number of carbonyl (C=O) groups excluding carboxylic acids is 1. The Bertz CT molecular complexity index is 1160. The predicted molar refractivity (Wildman–Crippen MR) is 129 cm³/mol. The summed E-state index contributed by atoms with van der Waals surface area (Å²) in [5.74, 6) is 0.491. The minimum absolute atomic E-state index is 0.0251. The fourth-order valence-corrected chi connectivity index (χ4v) is 4.29. The number of anilines is 1. The van der Waals surface area contributed by atoms with Gasteiger partial charge in [-0.3, -0.25) is 19.4 Å². The van der Waals surface area contributed by atoms with E-state index in [9.17, 15) is 9.00 Å². The maximum absolute atomic E-state index is 13.1. The molecule has 0 radical (unpaired) electrons. The molecule has 3 rings (SSSR count). The third-order valence-electron chi connectivity index (χ3n) is 4.77. The number of carbonyl (C=O) groups is 1. The van der Waals surface area contributed by atoms with Gasteiger partial charge in [0.05, 0.1) is 21.5 Å². The molecule has 3 aromatic rings. The highest BCUT2D eigenvalue weighted by Gasteiger charge is 2.22. The first kappa shape index (κ1) is 22.9. The van der Waals surface area contributed by atoms with E-state index in [1.807, 2.05) is 55.5 Å². The summed E-state index contributed by atoms with van der Waals surface area (Å²) in [6.07, 6.45) is 5.21. The Morgan fingerprint density at radius 3 is 2.61 bits per heavy atom. The molecule has 0 N–H and O–H groups in total. The summed E-state index contributed by atoms with van der Waals surface area (Å²) in [4.78, 5) is 18.8. The molecule has 9 heteroatoms. The zero-order valence-electron chi connectivity index (χ0n) is 17.8. The number of pyridine rings is 1. The summed E-state index contributed by atoms with van der Waals surface area (Å²) >= 11 is 0. The van der Waals surface area contributed by atoms with Crippen molar-refractivity contribution < 1.29 is 9.00 Å². The van der Waals surface area contributed by atoms with Crippen molar-refractivity contribution in [3.8, 4) is 11.3 Å². The molecule has 1 aromatic carbocycles. The van der Waals surface area contributed by atoms with E-state index < -0.39 is 9.30 Å². The van der Waals surface area contributed by atoms with Gasteiger partial charge in [0, 0.05) is 50.1 Å². The SMILES string of the molecule is CCN(C(=O)CN(C)S(=O)(=P)/C=C/c1ccccc1)c1cc(-c2cccnc2)nn1C. The molecule has 2 heterocycles. The molecule has 0 aliphatic heterocycles. The van der Waals surface area contributed by atoms with Crippen LogP contribution in [-0.2, 0) is 21.1 Å². The van der Waals surface area contributed by atoms with E-state index >= 15 is 0 Å². The average Bonchev–Trinajstić information content (AvgIpc) is 3.15. The third kappa shape index (κ3) is 5.67. The lowest BCUT2D eigenvalue weighted by Crippen LogP contribution is -2.40. The molecule has 0 saturated heterocycles. The highest BCUT2D eigenvalue weighted by molar-refractivity contribution is 8.21. The van der Waals surface area contributed by atoms with Crippen molar-refractivity contribution in [1.29, 1.82) is 0 Å². The van der Waals surface area contributed by atoms with Crippen molar-refractivity contribution in [2.45, 2.75) is 6.92 Å². The smallest absolute Gasteiger partial charge is 0.243 e. The van der Waals surface area contributed by atoms with Crippen LogP contribution in [0.15, 0.2) is 66.3 Å². The van der Waals surface area contributed by atoms with Crippen molar-refractivity contribution in [3.63, 3.8) is 0 Å². The maximum Gasteiger partial charge on any atom is 0.243 e. The summed E-state index contributed by atoms with van der Waals surface area (Å²) in [6.45, 7) is 2.33. The number of aromatic nitrogens is 3. The Labute approximate surface area is 185 Å². The van der Waals surface area contributed by atoms with Gasteiger partial charge < -0.3 is 0 Å². The van der Waals surface area contributed by atoms with Crippen LogP contribution in [0.1, 0.15) is 12.5 Å². The standard InChI is InChI=1S/C22H26N5O2PS/c1-4-27(21-15-20(24-26(21)3)19-11-8-13-23-16-19)22(28)17-25(2)31(29,30)14-12-18-9-6-5-7-10-18/h5-16,30H,4,17H2,1-3H3/b14-12+. The topological polar surface area (TPSA) is 71.3 Å².